The Balaban J connectivity index is 2.96. The molecular weight excluding hydrogens is 146 g/mol. The van der Waals surface area contributed by atoms with Crippen LogP contribution in [0.1, 0.15) is 11.1 Å². The molecule has 0 heterocycles. The van der Waals surface area contributed by atoms with E-state index in [-0.39, 0.29) is 0 Å². The van der Waals surface area contributed by atoms with E-state index in [0.717, 1.165) is 11.1 Å². The van der Waals surface area contributed by atoms with Crippen LogP contribution in [0.25, 0.3) is 0 Å². The second-order valence-corrected chi connectivity index (χ2v) is 2.37. The molecule has 0 unspecified atom stereocenters. The highest BCUT2D eigenvalue weighted by Crippen LogP contribution is 2.09. The molecular formula is C8H10ClN. The third-order valence-corrected chi connectivity index (χ3v) is 1.77. The van der Waals surface area contributed by atoms with Crippen molar-refractivity contribution in [1.29, 1.82) is 0 Å². The van der Waals surface area contributed by atoms with Gasteiger partial charge in [-0.25, -0.2) is 0 Å². The minimum absolute atomic E-state index is 0.549. The summed E-state index contributed by atoms with van der Waals surface area (Å²) >= 11 is 5.66. The Morgan fingerprint density at radius 1 is 1.20 bits per heavy atom. The van der Waals surface area contributed by atoms with Crippen LogP contribution in [-0.2, 0) is 12.4 Å². The van der Waals surface area contributed by atoms with Gasteiger partial charge in [-0.2, -0.15) is 0 Å². The molecule has 1 aromatic rings. The van der Waals surface area contributed by atoms with Crippen molar-refractivity contribution in [2.75, 3.05) is 0 Å². The maximum Gasteiger partial charge on any atom is 0.0477 e. The van der Waals surface area contributed by atoms with Crippen molar-refractivity contribution in [2.24, 2.45) is 5.73 Å². The maximum atomic E-state index is 5.66. The lowest BCUT2D eigenvalue weighted by Crippen LogP contribution is -1.99. The number of rotatable bonds is 2. The molecule has 0 atom stereocenters. The van der Waals surface area contributed by atoms with Crippen molar-refractivity contribution in [3.63, 3.8) is 0 Å². The zero-order valence-electron chi connectivity index (χ0n) is 5.68. The summed E-state index contributed by atoms with van der Waals surface area (Å²) < 4.78 is 0. The molecule has 0 spiro atoms. The minimum atomic E-state index is 0.549. The fourth-order valence-electron chi connectivity index (χ4n) is 0.887. The smallest absolute Gasteiger partial charge is 0.0477 e. The Labute approximate surface area is 65.8 Å². The quantitative estimate of drug-likeness (QED) is 0.649. The zero-order chi connectivity index (χ0) is 7.40. The van der Waals surface area contributed by atoms with Crippen molar-refractivity contribution in [3.8, 4) is 0 Å². The Morgan fingerprint density at radius 3 is 2.20 bits per heavy atom. The molecule has 1 rings (SSSR count). The highest BCUT2D eigenvalue weighted by molar-refractivity contribution is 6.17. The summed E-state index contributed by atoms with van der Waals surface area (Å²) in [5, 5.41) is 0. The molecule has 54 valence electrons. The second-order valence-electron chi connectivity index (χ2n) is 2.11. The van der Waals surface area contributed by atoms with Crippen LogP contribution < -0.4 is 5.73 Å². The minimum Gasteiger partial charge on any atom is -0.326 e. The van der Waals surface area contributed by atoms with Gasteiger partial charge in [0.1, 0.15) is 0 Å². The van der Waals surface area contributed by atoms with Crippen LogP contribution >= 0.6 is 11.6 Å². The van der Waals surface area contributed by atoms with E-state index in [1.807, 2.05) is 24.3 Å². The molecule has 2 N–H and O–H groups in total. The fraction of sp³-hybridized carbons (Fsp3) is 0.250. The first-order valence-electron chi connectivity index (χ1n) is 3.21. The first kappa shape index (κ1) is 7.58. The van der Waals surface area contributed by atoms with Gasteiger partial charge in [-0.3, -0.25) is 0 Å². The van der Waals surface area contributed by atoms with Gasteiger partial charge >= 0.3 is 0 Å². The van der Waals surface area contributed by atoms with Crippen LogP contribution in [0.3, 0.4) is 0 Å². The van der Waals surface area contributed by atoms with Gasteiger partial charge in [-0.05, 0) is 11.1 Å². The van der Waals surface area contributed by atoms with E-state index in [2.05, 4.69) is 0 Å². The van der Waals surface area contributed by atoms with Crippen LogP contribution in [0.15, 0.2) is 24.3 Å². The Hall–Kier alpha value is -0.530. The van der Waals surface area contributed by atoms with Crippen LogP contribution in [0.2, 0.25) is 0 Å². The molecule has 0 fully saturated rings. The SMILES string of the molecule is NCc1ccccc1CCl. The van der Waals surface area contributed by atoms with E-state index in [9.17, 15) is 0 Å². The Bertz CT molecular complexity index is 187. The summed E-state index contributed by atoms with van der Waals surface area (Å²) in [6.45, 7) is 0.572. The summed E-state index contributed by atoms with van der Waals surface area (Å²) in [4.78, 5) is 0. The summed E-state index contributed by atoms with van der Waals surface area (Å²) in [6, 6.07) is 7.93. The van der Waals surface area contributed by atoms with Gasteiger partial charge in [0.15, 0.2) is 0 Å². The molecule has 10 heavy (non-hydrogen) atoms. The average Bonchev–Trinajstić information content (AvgIpc) is 2.04. The van der Waals surface area contributed by atoms with Gasteiger partial charge in [0.2, 0.25) is 0 Å². The fourth-order valence-corrected chi connectivity index (χ4v) is 1.15. The van der Waals surface area contributed by atoms with Crippen molar-refractivity contribution in [2.45, 2.75) is 12.4 Å². The highest BCUT2D eigenvalue weighted by atomic mass is 35.5. The van der Waals surface area contributed by atoms with Gasteiger partial charge in [0, 0.05) is 12.4 Å². The Morgan fingerprint density at radius 2 is 1.80 bits per heavy atom. The van der Waals surface area contributed by atoms with Crippen molar-refractivity contribution in [3.05, 3.63) is 35.4 Å². The van der Waals surface area contributed by atoms with Crippen molar-refractivity contribution >= 4 is 11.6 Å². The lowest BCUT2D eigenvalue weighted by atomic mass is 10.1. The van der Waals surface area contributed by atoms with Gasteiger partial charge in [-0.15, -0.1) is 11.6 Å². The number of hydrogen-bond acceptors (Lipinski definition) is 1. The predicted molar refractivity (Wildman–Crippen MR) is 43.9 cm³/mol. The molecule has 0 aliphatic heterocycles. The monoisotopic (exact) mass is 155 g/mol. The number of alkyl halides is 1. The van der Waals surface area contributed by atoms with Crippen molar-refractivity contribution < 1.29 is 0 Å². The van der Waals surface area contributed by atoms with E-state index in [0.29, 0.717) is 12.4 Å². The van der Waals surface area contributed by atoms with Gasteiger partial charge in [0.05, 0.1) is 0 Å². The average molecular weight is 156 g/mol. The second kappa shape index (κ2) is 3.59. The number of hydrogen-bond donors (Lipinski definition) is 1. The topological polar surface area (TPSA) is 26.0 Å². The highest BCUT2D eigenvalue weighted by Gasteiger charge is 1.95. The number of halogens is 1. The zero-order valence-corrected chi connectivity index (χ0v) is 6.43. The van der Waals surface area contributed by atoms with Crippen LogP contribution in [0, 0.1) is 0 Å². The molecule has 2 heteroatoms. The molecule has 0 saturated heterocycles. The Kier molecular flexibility index (Phi) is 2.72. The number of benzene rings is 1. The molecule has 0 radical (unpaired) electrons. The molecule has 1 aromatic carbocycles. The first-order chi connectivity index (χ1) is 4.88. The third-order valence-electron chi connectivity index (χ3n) is 1.48. The lowest BCUT2D eigenvalue weighted by Gasteiger charge is -2.01. The summed E-state index contributed by atoms with van der Waals surface area (Å²) in [5.41, 5.74) is 7.74. The van der Waals surface area contributed by atoms with E-state index in [1.54, 1.807) is 0 Å². The normalized spacial score (nSPS) is 9.80. The van der Waals surface area contributed by atoms with E-state index in [1.165, 1.54) is 0 Å². The third kappa shape index (κ3) is 1.49. The standard InChI is InChI=1S/C8H10ClN/c9-5-7-3-1-2-4-8(7)6-10/h1-4H,5-6,10H2. The number of nitrogens with two attached hydrogens (primary N) is 1. The summed E-state index contributed by atoms with van der Waals surface area (Å²) in [5.74, 6) is 0.549. The van der Waals surface area contributed by atoms with Crippen LogP contribution in [0.5, 0.6) is 0 Å². The van der Waals surface area contributed by atoms with Gasteiger partial charge in [0.25, 0.3) is 0 Å². The summed E-state index contributed by atoms with van der Waals surface area (Å²) in [6.07, 6.45) is 0. The maximum absolute atomic E-state index is 5.66. The molecule has 0 aliphatic carbocycles. The van der Waals surface area contributed by atoms with Crippen LogP contribution in [0.4, 0.5) is 0 Å². The van der Waals surface area contributed by atoms with Gasteiger partial charge < -0.3 is 5.73 Å². The molecule has 1 nitrogen and oxygen atoms in total. The summed E-state index contributed by atoms with van der Waals surface area (Å²) in [7, 11) is 0. The van der Waals surface area contributed by atoms with E-state index in [4.69, 9.17) is 17.3 Å². The van der Waals surface area contributed by atoms with Gasteiger partial charge in [-0.1, -0.05) is 24.3 Å². The largest absolute Gasteiger partial charge is 0.326 e. The molecule has 0 bridgehead atoms. The van der Waals surface area contributed by atoms with Crippen LogP contribution in [-0.4, -0.2) is 0 Å². The lowest BCUT2D eigenvalue weighted by molar-refractivity contribution is 1.04. The molecule has 0 aliphatic rings. The van der Waals surface area contributed by atoms with Crippen molar-refractivity contribution in [1.82, 2.24) is 0 Å². The molecule has 0 aromatic heterocycles. The molecule has 0 saturated carbocycles. The predicted octanol–water partition coefficient (Wildman–Crippen LogP) is 1.88. The van der Waals surface area contributed by atoms with E-state index >= 15 is 0 Å². The molecule has 0 amide bonds. The first-order valence-corrected chi connectivity index (χ1v) is 3.74. The van der Waals surface area contributed by atoms with E-state index < -0.39 is 0 Å².